The van der Waals surface area contributed by atoms with Crippen LogP contribution < -0.4 is 0 Å². The highest BCUT2D eigenvalue weighted by atomic mass is 79.9. The Hall–Kier alpha value is -0.0900. The van der Waals surface area contributed by atoms with Crippen LogP contribution in [-0.2, 0) is 0 Å². The molecule has 1 rings (SSSR count). The van der Waals surface area contributed by atoms with Gasteiger partial charge in [-0.05, 0) is 31.7 Å². The van der Waals surface area contributed by atoms with Gasteiger partial charge < -0.3 is 5.11 Å². The summed E-state index contributed by atoms with van der Waals surface area (Å²) in [7, 11) is 2.00. The van der Waals surface area contributed by atoms with Crippen LogP contribution >= 0.6 is 27.5 Å². The van der Waals surface area contributed by atoms with Crippen molar-refractivity contribution in [2.45, 2.75) is 19.1 Å². The Morgan fingerprint density at radius 2 is 2.19 bits per heavy atom. The minimum Gasteiger partial charge on any atom is -0.391 e. The van der Waals surface area contributed by atoms with Gasteiger partial charge >= 0.3 is 0 Å². The second kappa shape index (κ2) is 6.60. The van der Waals surface area contributed by atoms with Crippen LogP contribution in [0.15, 0.2) is 24.3 Å². The van der Waals surface area contributed by atoms with Crippen molar-refractivity contribution in [3.63, 3.8) is 0 Å². The standard InChI is InChI=1S/C12H17BrClNO/c1-9(15(2)8-12(16)7-13)10-4-3-5-11(14)6-10/h3-6,9,12,16H,7-8H2,1-2H3. The van der Waals surface area contributed by atoms with E-state index >= 15 is 0 Å². The Morgan fingerprint density at radius 3 is 2.75 bits per heavy atom. The molecule has 0 aromatic heterocycles. The largest absolute Gasteiger partial charge is 0.391 e. The van der Waals surface area contributed by atoms with E-state index in [2.05, 4.69) is 27.8 Å². The first-order chi connectivity index (χ1) is 7.54. The molecule has 0 saturated carbocycles. The third kappa shape index (κ3) is 4.06. The number of alkyl halides is 1. The molecule has 0 aliphatic carbocycles. The Kier molecular flexibility index (Phi) is 5.76. The number of likely N-dealkylation sites (N-methyl/N-ethyl adjacent to an activating group) is 1. The molecule has 1 aromatic carbocycles. The summed E-state index contributed by atoms with van der Waals surface area (Å²) in [4.78, 5) is 2.11. The summed E-state index contributed by atoms with van der Waals surface area (Å²) in [5.41, 5.74) is 1.16. The van der Waals surface area contributed by atoms with Crippen molar-refractivity contribution in [1.82, 2.24) is 4.90 Å². The molecule has 0 bridgehead atoms. The van der Waals surface area contributed by atoms with Gasteiger partial charge in [0.15, 0.2) is 0 Å². The highest BCUT2D eigenvalue weighted by Gasteiger charge is 2.14. The molecule has 0 amide bonds. The first-order valence-corrected chi connectivity index (χ1v) is 6.74. The van der Waals surface area contributed by atoms with E-state index in [0.717, 1.165) is 10.6 Å². The summed E-state index contributed by atoms with van der Waals surface area (Å²) in [5, 5.41) is 10.9. The summed E-state index contributed by atoms with van der Waals surface area (Å²) in [6.07, 6.45) is -0.341. The molecule has 16 heavy (non-hydrogen) atoms. The van der Waals surface area contributed by atoms with Crippen LogP contribution in [0.4, 0.5) is 0 Å². The van der Waals surface area contributed by atoms with Crippen molar-refractivity contribution < 1.29 is 5.11 Å². The predicted octanol–water partition coefficient (Wildman–Crippen LogP) is 3.09. The van der Waals surface area contributed by atoms with Crippen LogP contribution in [0, 0.1) is 0 Å². The van der Waals surface area contributed by atoms with Crippen LogP contribution in [0.1, 0.15) is 18.5 Å². The zero-order valence-corrected chi connectivity index (χ0v) is 11.9. The number of rotatable bonds is 5. The van der Waals surface area contributed by atoms with Gasteiger partial charge in [0, 0.05) is 22.9 Å². The molecule has 0 radical (unpaired) electrons. The van der Waals surface area contributed by atoms with Gasteiger partial charge in [-0.2, -0.15) is 0 Å². The number of aliphatic hydroxyl groups is 1. The average molecular weight is 307 g/mol. The molecule has 0 spiro atoms. The summed E-state index contributed by atoms with van der Waals surface area (Å²) < 4.78 is 0. The van der Waals surface area contributed by atoms with E-state index in [1.165, 1.54) is 0 Å². The van der Waals surface area contributed by atoms with Crippen LogP contribution in [0.25, 0.3) is 0 Å². The van der Waals surface area contributed by atoms with Gasteiger partial charge in [0.05, 0.1) is 6.10 Å². The van der Waals surface area contributed by atoms with Crippen molar-refractivity contribution in [3.8, 4) is 0 Å². The van der Waals surface area contributed by atoms with Crippen molar-refractivity contribution >= 4 is 27.5 Å². The van der Waals surface area contributed by atoms with Gasteiger partial charge in [-0.15, -0.1) is 0 Å². The second-order valence-electron chi connectivity index (χ2n) is 3.98. The summed E-state index contributed by atoms with van der Waals surface area (Å²) in [6.45, 7) is 2.74. The molecule has 0 fully saturated rings. The van der Waals surface area contributed by atoms with Gasteiger partial charge in [-0.25, -0.2) is 0 Å². The van der Waals surface area contributed by atoms with Gasteiger partial charge in [0.2, 0.25) is 0 Å². The monoisotopic (exact) mass is 305 g/mol. The minimum absolute atomic E-state index is 0.243. The normalized spacial score (nSPS) is 15.1. The fourth-order valence-electron chi connectivity index (χ4n) is 1.56. The Morgan fingerprint density at radius 1 is 1.50 bits per heavy atom. The van der Waals surface area contributed by atoms with Gasteiger partial charge in [0.1, 0.15) is 0 Å². The quantitative estimate of drug-likeness (QED) is 0.845. The molecule has 2 unspecified atom stereocenters. The van der Waals surface area contributed by atoms with Crippen molar-refractivity contribution in [2.75, 3.05) is 18.9 Å². The molecule has 1 aromatic rings. The van der Waals surface area contributed by atoms with E-state index in [9.17, 15) is 5.11 Å². The third-order valence-electron chi connectivity index (χ3n) is 2.67. The predicted molar refractivity (Wildman–Crippen MR) is 72.3 cm³/mol. The molecular weight excluding hydrogens is 289 g/mol. The highest BCUT2D eigenvalue weighted by Crippen LogP contribution is 2.21. The summed E-state index contributed by atoms with van der Waals surface area (Å²) in [6, 6.07) is 8.07. The molecule has 1 N–H and O–H groups in total. The van der Waals surface area contributed by atoms with Gasteiger partial charge in [0.25, 0.3) is 0 Å². The Balaban J connectivity index is 2.66. The maximum atomic E-state index is 9.56. The maximum Gasteiger partial charge on any atom is 0.0763 e. The molecule has 0 aliphatic heterocycles. The number of benzene rings is 1. The van der Waals surface area contributed by atoms with Crippen LogP contribution in [0.2, 0.25) is 5.02 Å². The lowest BCUT2D eigenvalue weighted by Crippen LogP contribution is -2.32. The highest BCUT2D eigenvalue weighted by molar-refractivity contribution is 9.09. The van der Waals surface area contributed by atoms with E-state index in [0.29, 0.717) is 11.9 Å². The second-order valence-corrected chi connectivity index (χ2v) is 5.06. The average Bonchev–Trinajstić information content (AvgIpc) is 2.27. The lowest BCUT2D eigenvalue weighted by atomic mass is 10.1. The molecule has 2 atom stereocenters. The first kappa shape index (κ1) is 14.0. The van der Waals surface area contributed by atoms with Crippen LogP contribution in [-0.4, -0.2) is 35.0 Å². The number of hydrogen-bond acceptors (Lipinski definition) is 2. The van der Waals surface area contributed by atoms with E-state index in [1.807, 2.05) is 31.3 Å². The van der Waals surface area contributed by atoms with Crippen molar-refractivity contribution in [2.24, 2.45) is 0 Å². The number of hydrogen-bond donors (Lipinski definition) is 1. The summed E-state index contributed by atoms with van der Waals surface area (Å²) in [5.74, 6) is 0. The molecular formula is C12H17BrClNO. The van der Waals surface area contributed by atoms with E-state index in [-0.39, 0.29) is 12.1 Å². The van der Waals surface area contributed by atoms with E-state index in [1.54, 1.807) is 0 Å². The zero-order valence-electron chi connectivity index (χ0n) is 9.53. The Bertz CT molecular complexity index is 335. The molecule has 0 aliphatic rings. The number of halogens is 2. The SMILES string of the molecule is CC(c1cccc(Cl)c1)N(C)CC(O)CBr. The summed E-state index contributed by atoms with van der Waals surface area (Å²) >= 11 is 9.21. The minimum atomic E-state index is -0.341. The van der Waals surface area contributed by atoms with Crippen LogP contribution in [0.5, 0.6) is 0 Å². The first-order valence-electron chi connectivity index (χ1n) is 5.24. The Labute approximate surface area is 110 Å². The lowest BCUT2D eigenvalue weighted by molar-refractivity contribution is 0.126. The van der Waals surface area contributed by atoms with E-state index < -0.39 is 0 Å². The van der Waals surface area contributed by atoms with Crippen LogP contribution in [0.3, 0.4) is 0 Å². The fourth-order valence-corrected chi connectivity index (χ4v) is 1.96. The van der Waals surface area contributed by atoms with Crippen molar-refractivity contribution in [1.29, 1.82) is 0 Å². The number of nitrogens with zero attached hydrogens (tertiary/aromatic N) is 1. The topological polar surface area (TPSA) is 23.5 Å². The smallest absolute Gasteiger partial charge is 0.0763 e. The lowest BCUT2D eigenvalue weighted by Gasteiger charge is -2.26. The van der Waals surface area contributed by atoms with Gasteiger partial charge in [-0.1, -0.05) is 39.7 Å². The molecule has 90 valence electrons. The zero-order chi connectivity index (χ0) is 12.1. The fraction of sp³-hybridized carbons (Fsp3) is 0.500. The molecule has 0 saturated heterocycles. The van der Waals surface area contributed by atoms with Gasteiger partial charge in [-0.3, -0.25) is 4.90 Å². The van der Waals surface area contributed by atoms with E-state index in [4.69, 9.17) is 11.6 Å². The number of aliphatic hydroxyl groups excluding tert-OH is 1. The van der Waals surface area contributed by atoms with Crippen molar-refractivity contribution in [3.05, 3.63) is 34.9 Å². The molecule has 4 heteroatoms. The maximum absolute atomic E-state index is 9.56. The molecule has 2 nitrogen and oxygen atoms in total. The third-order valence-corrected chi connectivity index (χ3v) is 3.65. The molecule has 0 heterocycles.